The highest BCUT2D eigenvalue weighted by molar-refractivity contribution is 5.99. The standard InChI is InChI=1S/C22H20N2O4/c1-23(20(25)13-12-17-8-4-2-5-9-17)15-21(26)24-19(16-28-22(24)27)14-18-10-6-3-7-11-18/h2-11,19H,14-16H2,1H3. The van der Waals surface area contributed by atoms with E-state index in [0.717, 1.165) is 10.5 Å². The number of benzene rings is 2. The van der Waals surface area contributed by atoms with Crippen molar-refractivity contribution in [2.24, 2.45) is 0 Å². The lowest BCUT2D eigenvalue weighted by atomic mass is 10.1. The summed E-state index contributed by atoms with van der Waals surface area (Å²) in [6.45, 7) is -0.104. The van der Waals surface area contributed by atoms with Gasteiger partial charge in [0.15, 0.2) is 0 Å². The van der Waals surface area contributed by atoms with Crippen molar-refractivity contribution in [2.45, 2.75) is 12.5 Å². The van der Waals surface area contributed by atoms with Crippen molar-refractivity contribution in [3.8, 4) is 11.8 Å². The molecule has 1 aliphatic heterocycles. The van der Waals surface area contributed by atoms with Gasteiger partial charge in [-0.05, 0) is 24.1 Å². The van der Waals surface area contributed by atoms with Crippen LogP contribution in [0.3, 0.4) is 0 Å². The van der Waals surface area contributed by atoms with Crippen LogP contribution in [0, 0.1) is 11.8 Å². The lowest BCUT2D eigenvalue weighted by Crippen LogP contribution is -2.46. The van der Waals surface area contributed by atoms with Crippen LogP contribution in [-0.2, 0) is 20.7 Å². The van der Waals surface area contributed by atoms with Gasteiger partial charge in [-0.1, -0.05) is 54.5 Å². The Morgan fingerprint density at radius 2 is 1.75 bits per heavy atom. The number of cyclic esters (lactones) is 1. The second-order valence-electron chi connectivity index (χ2n) is 6.46. The van der Waals surface area contributed by atoms with Gasteiger partial charge in [0.25, 0.3) is 11.8 Å². The summed E-state index contributed by atoms with van der Waals surface area (Å²) in [5.74, 6) is 4.29. The number of hydrogen-bond donors (Lipinski definition) is 0. The number of rotatable bonds is 4. The molecule has 1 fully saturated rings. The van der Waals surface area contributed by atoms with Crippen molar-refractivity contribution < 1.29 is 19.1 Å². The highest BCUT2D eigenvalue weighted by Gasteiger charge is 2.38. The van der Waals surface area contributed by atoms with Gasteiger partial charge in [-0.15, -0.1) is 0 Å². The van der Waals surface area contributed by atoms with Gasteiger partial charge in [-0.3, -0.25) is 9.59 Å². The summed E-state index contributed by atoms with van der Waals surface area (Å²) in [6.07, 6.45) is -0.175. The van der Waals surface area contributed by atoms with Gasteiger partial charge in [0.2, 0.25) is 0 Å². The van der Waals surface area contributed by atoms with E-state index in [0.29, 0.717) is 12.0 Å². The molecule has 1 saturated heterocycles. The van der Waals surface area contributed by atoms with E-state index in [-0.39, 0.29) is 19.2 Å². The Balaban J connectivity index is 1.62. The Labute approximate surface area is 163 Å². The Bertz CT molecular complexity index is 916. The van der Waals surface area contributed by atoms with Gasteiger partial charge in [0.1, 0.15) is 13.2 Å². The third-order valence-electron chi connectivity index (χ3n) is 4.35. The van der Waals surface area contributed by atoms with Crippen LogP contribution in [0.5, 0.6) is 0 Å². The maximum atomic E-state index is 12.6. The minimum atomic E-state index is -0.679. The number of ether oxygens (including phenoxy) is 1. The maximum Gasteiger partial charge on any atom is 0.417 e. The van der Waals surface area contributed by atoms with Crippen molar-refractivity contribution in [1.82, 2.24) is 9.80 Å². The Morgan fingerprint density at radius 3 is 2.43 bits per heavy atom. The van der Waals surface area contributed by atoms with Gasteiger partial charge in [0.05, 0.1) is 6.04 Å². The number of imide groups is 1. The largest absolute Gasteiger partial charge is 0.447 e. The highest BCUT2D eigenvalue weighted by Crippen LogP contribution is 2.17. The van der Waals surface area contributed by atoms with Crippen molar-refractivity contribution >= 4 is 17.9 Å². The molecule has 28 heavy (non-hydrogen) atoms. The number of carbonyl (C=O) groups excluding carboxylic acids is 3. The summed E-state index contributed by atoms with van der Waals surface area (Å²) in [6, 6.07) is 18.3. The molecule has 0 N–H and O–H groups in total. The normalized spacial score (nSPS) is 15.4. The molecule has 0 aliphatic carbocycles. The summed E-state index contributed by atoms with van der Waals surface area (Å²) in [5.41, 5.74) is 1.71. The fraction of sp³-hybridized carbons (Fsp3) is 0.227. The SMILES string of the molecule is CN(CC(=O)N1C(=O)OCC1Cc1ccccc1)C(=O)C#Cc1ccccc1. The van der Waals surface area contributed by atoms with E-state index in [1.165, 1.54) is 11.9 Å². The highest BCUT2D eigenvalue weighted by atomic mass is 16.6. The third-order valence-corrected chi connectivity index (χ3v) is 4.35. The number of carbonyl (C=O) groups is 3. The first-order valence-electron chi connectivity index (χ1n) is 8.89. The predicted molar refractivity (Wildman–Crippen MR) is 103 cm³/mol. The zero-order valence-electron chi connectivity index (χ0n) is 15.5. The molecule has 0 spiro atoms. The summed E-state index contributed by atoms with van der Waals surface area (Å²) in [4.78, 5) is 39.1. The second kappa shape index (κ2) is 8.87. The molecule has 142 valence electrons. The molecule has 1 unspecified atom stereocenters. The molecule has 0 radical (unpaired) electrons. The molecule has 3 amide bonds. The molecule has 2 aromatic rings. The number of hydrogen-bond acceptors (Lipinski definition) is 4. The molecule has 0 bridgehead atoms. The van der Waals surface area contributed by atoms with Crippen LogP contribution in [-0.4, -0.2) is 53.9 Å². The topological polar surface area (TPSA) is 66.9 Å². The molecule has 3 rings (SSSR count). The summed E-state index contributed by atoms with van der Waals surface area (Å²) in [5, 5.41) is 0. The van der Waals surface area contributed by atoms with Gasteiger partial charge >= 0.3 is 6.09 Å². The Morgan fingerprint density at radius 1 is 1.11 bits per heavy atom. The molecule has 6 heteroatoms. The molecule has 1 aliphatic rings. The zero-order chi connectivity index (χ0) is 19.9. The van der Waals surface area contributed by atoms with E-state index in [1.54, 1.807) is 12.1 Å². The first-order valence-corrected chi connectivity index (χ1v) is 8.89. The smallest absolute Gasteiger partial charge is 0.417 e. The molecule has 1 heterocycles. The average Bonchev–Trinajstić information content (AvgIpc) is 3.07. The van der Waals surface area contributed by atoms with E-state index < -0.39 is 17.9 Å². The molecule has 6 nitrogen and oxygen atoms in total. The van der Waals surface area contributed by atoms with Crippen LogP contribution < -0.4 is 0 Å². The van der Waals surface area contributed by atoms with E-state index in [4.69, 9.17) is 4.74 Å². The van der Waals surface area contributed by atoms with E-state index >= 15 is 0 Å². The fourth-order valence-corrected chi connectivity index (χ4v) is 2.90. The van der Waals surface area contributed by atoms with Crippen LogP contribution >= 0.6 is 0 Å². The first-order chi connectivity index (χ1) is 13.5. The molecule has 0 aromatic heterocycles. The van der Waals surface area contributed by atoms with Crippen molar-refractivity contribution in [3.63, 3.8) is 0 Å². The lowest BCUT2D eigenvalue weighted by molar-refractivity contribution is -0.135. The van der Waals surface area contributed by atoms with E-state index in [2.05, 4.69) is 11.8 Å². The predicted octanol–water partition coefficient (Wildman–Crippen LogP) is 2.09. The third kappa shape index (κ3) is 4.77. The van der Waals surface area contributed by atoms with Crippen LogP contribution in [0.2, 0.25) is 0 Å². The molecular weight excluding hydrogens is 356 g/mol. The quantitative estimate of drug-likeness (QED) is 0.767. The monoisotopic (exact) mass is 376 g/mol. The molecule has 1 atom stereocenters. The fourth-order valence-electron chi connectivity index (χ4n) is 2.90. The molecule has 2 aromatic carbocycles. The van der Waals surface area contributed by atoms with E-state index in [1.807, 2.05) is 48.5 Å². The van der Waals surface area contributed by atoms with Crippen molar-refractivity contribution in [2.75, 3.05) is 20.2 Å². The van der Waals surface area contributed by atoms with Crippen LogP contribution in [0.1, 0.15) is 11.1 Å². The van der Waals surface area contributed by atoms with Crippen LogP contribution in [0.4, 0.5) is 4.79 Å². The number of likely N-dealkylation sites (N-methyl/N-ethyl adjacent to an activating group) is 1. The minimum Gasteiger partial charge on any atom is -0.447 e. The number of amides is 3. The van der Waals surface area contributed by atoms with Gasteiger partial charge in [-0.25, -0.2) is 9.69 Å². The minimum absolute atomic E-state index is 0.144. The van der Waals surface area contributed by atoms with Crippen LogP contribution in [0.25, 0.3) is 0 Å². The Hall–Kier alpha value is -3.59. The summed E-state index contributed by atoms with van der Waals surface area (Å²) in [7, 11) is 1.48. The van der Waals surface area contributed by atoms with Gasteiger partial charge in [0, 0.05) is 18.5 Å². The van der Waals surface area contributed by atoms with Crippen molar-refractivity contribution in [1.29, 1.82) is 0 Å². The lowest BCUT2D eigenvalue weighted by Gasteiger charge is -2.22. The zero-order valence-corrected chi connectivity index (χ0v) is 15.5. The first kappa shape index (κ1) is 19.2. The van der Waals surface area contributed by atoms with Gasteiger partial charge in [-0.2, -0.15) is 0 Å². The number of nitrogens with zero attached hydrogens (tertiary/aromatic N) is 2. The average molecular weight is 376 g/mol. The summed E-state index contributed by atoms with van der Waals surface area (Å²) < 4.78 is 5.05. The van der Waals surface area contributed by atoms with Crippen LogP contribution in [0.15, 0.2) is 60.7 Å². The van der Waals surface area contributed by atoms with Crippen molar-refractivity contribution in [3.05, 3.63) is 71.8 Å². The Kier molecular flexibility index (Phi) is 6.07. The molecule has 0 saturated carbocycles. The summed E-state index contributed by atoms with van der Waals surface area (Å²) >= 11 is 0. The van der Waals surface area contributed by atoms with Gasteiger partial charge < -0.3 is 9.64 Å². The van der Waals surface area contributed by atoms with E-state index in [9.17, 15) is 14.4 Å². The maximum absolute atomic E-state index is 12.6. The molecular formula is C22H20N2O4. The second-order valence-corrected chi connectivity index (χ2v) is 6.46.